The van der Waals surface area contributed by atoms with Gasteiger partial charge in [0.2, 0.25) is 0 Å². The second-order valence-electron chi connectivity index (χ2n) is 5.65. The lowest BCUT2D eigenvalue weighted by molar-refractivity contribution is 0.643. The third-order valence-corrected chi connectivity index (χ3v) is 4.78. The molecular formula is C16H27N3S. The summed E-state index contributed by atoms with van der Waals surface area (Å²) in [5.41, 5.74) is 0. The van der Waals surface area contributed by atoms with Crippen molar-refractivity contribution in [3.63, 3.8) is 0 Å². The Kier molecular flexibility index (Phi) is 6.37. The van der Waals surface area contributed by atoms with Crippen LogP contribution in [0.1, 0.15) is 50.3 Å². The summed E-state index contributed by atoms with van der Waals surface area (Å²) in [6.45, 7) is 7.16. The highest BCUT2D eigenvalue weighted by Gasteiger charge is 2.19. The SMILES string of the molecule is CCNC(=NCC(C)c1cccs1)NCCCC1CC1. The van der Waals surface area contributed by atoms with Crippen molar-refractivity contribution < 1.29 is 0 Å². The average Bonchev–Trinajstić information content (AvgIpc) is 3.11. The monoisotopic (exact) mass is 293 g/mol. The summed E-state index contributed by atoms with van der Waals surface area (Å²) < 4.78 is 0. The predicted octanol–water partition coefficient (Wildman–Crippen LogP) is 3.60. The second-order valence-corrected chi connectivity index (χ2v) is 6.63. The van der Waals surface area contributed by atoms with Crippen LogP contribution in [-0.2, 0) is 0 Å². The van der Waals surface area contributed by atoms with Crippen molar-refractivity contribution in [2.45, 2.75) is 45.4 Å². The Hall–Kier alpha value is -1.03. The minimum Gasteiger partial charge on any atom is -0.357 e. The van der Waals surface area contributed by atoms with Crippen molar-refractivity contribution in [2.24, 2.45) is 10.9 Å². The van der Waals surface area contributed by atoms with Crippen LogP contribution in [0.4, 0.5) is 0 Å². The van der Waals surface area contributed by atoms with E-state index in [0.717, 1.165) is 31.5 Å². The number of nitrogens with zero attached hydrogens (tertiary/aromatic N) is 1. The first-order valence-corrected chi connectivity index (χ1v) is 8.73. The number of thiophene rings is 1. The van der Waals surface area contributed by atoms with Gasteiger partial charge in [-0.1, -0.05) is 25.8 Å². The molecule has 0 saturated heterocycles. The number of rotatable bonds is 8. The van der Waals surface area contributed by atoms with Gasteiger partial charge < -0.3 is 10.6 Å². The zero-order chi connectivity index (χ0) is 14.2. The van der Waals surface area contributed by atoms with Gasteiger partial charge in [-0.05, 0) is 37.1 Å². The van der Waals surface area contributed by atoms with Gasteiger partial charge in [-0.3, -0.25) is 4.99 Å². The molecule has 1 aliphatic carbocycles. The summed E-state index contributed by atoms with van der Waals surface area (Å²) in [5.74, 6) is 2.48. The van der Waals surface area contributed by atoms with E-state index in [2.05, 4.69) is 42.0 Å². The Morgan fingerprint density at radius 3 is 2.95 bits per heavy atom. The van der Waals surface area contributed by atoms with Gasteiger partial charge in [0, 0.05) is 23.9 Å². The molecule has 1 aromatic rings. The molecular weight excluding hydrogens is 266 g/mol. The van der Waals surface area contributed by atoms with Crippen LogP contribution in [0, 0.1) is 5.92 Å². The quantitative estimate of drug-likeness (QED) is 0.436. The maximum absolute atomic E-state index is 4.70. The van der Waals surface area contributed by atoms with Crippen molar-refractivity contribution in [3.05, 3.63) is 22.4 Å². The number of aliphatic imine (C=N–C) groups is 1. The zero-order valence-electron chi connectivity index (χ0n) is 12.7. The van der Waals surface area contributed by atoms with Crippen LogP contribution in [0.15, 0.2) is 22.5 Å². The third-order valence-electron chi connectivity index (χ3n) is 3.67. The fourth-order valence-corrected chi connectivity index (χ4v) is 3.01. The summed E-state index contributed by atoms with van der Waals surface area (Å²) in [6.07, 6.45) is 5.53. The Bertz CT molecular complexity index is 396. The number of hydrogen-bond donors (Lipinski definition) is 2. The van der Waals surface area contributed by atoms with Crippen LogP contribution in [0.3, 0.4) is 0 Å². The molecule has 1 unspecified atom stereocenters. The van der Waals surface area contributed by atoms with E-state index in [1.54, 1.807) is 0 Å². The summed E-state index contributed by atoms with van der Waals surface area (Å²) in [5, 5.41) is 8.91. The molecule has 20 heavy (non-hydrogen) atoms. The number of guanidine groups is 1. The molecule has 3 nitrogen and oxygen atoms in total. The van der Waals surface area contributed by atoms with Crippen molar-refractivity contribution in [1.29, 1.82) is 0 Å². The van der Waals surface area contributed by atoms with Crippen LogP contribution < -0.4 is 10.6 Å². The van der Waals surface area contributed by atoms with Crippen molar-refractivity contribution in [3.8, 4) is 0 Å². The van der Waals surface area contributed by atoms with Gasteiger partial charge in [-0.15, -0.1) is 11.3 Å². The first kappa shape index (κ1) is 15.4. The fraction of sp³-hybridized carbons (Fsp3) is 0.688. The van der Waals surface area contributed by atoms with E-state index in [9.17, 15) is 0 Å². The first-order valence-electron chi connectivity index (χ1n) is 7.85. The molecule has 2 rings (SSSR count). The molecule has 0 aliphatic heterocycles. The van der Waals surface area contributed by atoms with E-state index in [1.807, 2.05) is 11.3 Å². The lowest BCUT2D eigenvalue weighted by Crippen LogP contribution is -2.38. The van der Waals surface area contributed by atoms with E-state index >= 15 is 0 Å². The topological polar surface area (TPSA) is 36.4 Å². The Morgan fingerprint density at radius 1 is 1.45 bits per heavy atom. The van der Waals surface area contributed by atoms with Crippen LogP contribution in [0.25, 0.3) is 0 Å². The van der Waals surface area contributed by atoms with E-state index in [1.165, 1.54) is 30.6 Å². The largest absolute Gasteiger partial charge is 0.357 e. The van der Waals surface area contributed by atoms with Crippen molar-refractivity contribution in [1.82, 2.24) is 10.6 Å². The molecule has 0 spiro atoms. The molecule has 2 N–H and O–H groups in total. The van der Waals surface area contributed by atoms with Crippen molar-refractivity contribution in [2.75, 3.05) is 19.6 Å². The summed E-state index contributed by atoms with van der Waals surface area (Å²) in [7, 11) is 0. The molecule has 1 atom stereocenters. The summed E-state index contributed by atoms with van der Waals surface area (Å²) in [4.78, 5) is 6.12. The molecule has 0 radical (unpaired) electrons. The molecule has 1 saturated carbocycles. The molecule has 1 heterocycles. The van der Waals surface area contributed by atoms with Crippen LogP contribution in [0.2, 0.25) is 0 Å². The lowest BCUT2D eigenvalue weighted by atomic mass is 10.1. The second kappa shape index (κ2) is 8.30. The molecule has 112 valence electrons. The molecule has 0 bridgehead atoms. The minimum atomic E-state index is 0.497. The van der Waals surface area contributed by atoms with Crippen LogP contribution >= 0.6 is 11.3 Å². The van der Waals surface area contributed by atoms with Gasteiger partial charge in [-0.25, -0.2) is 0 Å². The van der Waals surface area contributed by atoms with E-state index in [-0.39, 0.29) is 0 Å². The van der Waals surface area contributed by atoms with Gasteiger partial charge in [0.1, 0.15) is 0 Å². The van der Waals surface area contributed by atoms with Gasteiger partial charge >= 0.3 is 0 Å². The highest BCUT2D eigenvalue weighted by molar-refractivity contribution is 7.10. The molecule has 4 heteroatoms. The van der Waals surface area contributed by atoms with Gasteiger partial charge in [0.05, 0.1) is 6.54 Å². The molecule has 0 amide bonds. The zero-order valence-corrected chi connectivity index (χ0v) is 13.5. The normalized spacial score (nSPS) is 17.0. The Labute approximate surface area is 126 Å². The van der Waals surface area contributed by atoms with Gasteiger partial charge in [0.15, 0.2) is 5.96 Å². The molecule has 1 aliphatic rings. The van der Waals surface area contributed by atoms with Gasteiger partial charge in [-0.2, -0.15) is 0 Å². The standard InChI is InChI=1S/C16H27N3S/c1-3-17-16(18-10-4-6-14-8-9-14)19-12-13(2)15-7-5-11-20-15/h5,7,11,13-14H,3-4,6,8-10,12H2,1-2H3,(H2,17,18,19). The van der Waals surface area contributed by atoms with E-state index < -0.39 is 0 Å². The van der Waals surface area contributed by atoms with E-state index in [4.69, 9.17) is 4.99 Å². The molecule has 1 fully saturated rings. The summed E-state index contributed by atoms with van der Waals surface area (Å²) >= 11 is 1.82. The molecule has 0 aromatic carbocycles. The highest BCUT2D eigenvalue weighted by atomic mass is 32.1. The number of hydrogen-bond acceptors (Lipinski definition) is 2. The number of nitrogens with one attached hydrogen (secondary N) is 2. The van der Waals surface area contributed by atoms with Gasteiger partial charge in [0.25, 0.3) is 0 Å². The first-order chi connectivity index (χ1) is 9.79. The molecule has 1 aromatic heterocycles. The summed E-state index contributed by atoms with van der Waals surface area (Å²) in [6, 6.07) is 4.31. The highest BCUT2D eigenvalue weighted by Crippen LogP contribution is 2.33. The smallest absolute Gasteiger partial charge is 0.191 e. The average molecular weight is 293 g/mol. The fourth-order valence-electron chi connectivity index (χ4n) is 2.24. The maximum Gasteiger partial charge on any atom is 0.191 e. The maximum atomic E-state index is 4.70. The predicted molar refractivity (Wildman–Crippen MR) is 88.7 cm³/mol. The minimum absolute atomic E-state index is 0.497. The van der Waals surface area contributed by atoms with E-state index in [0.29, 0.717) is 5.92 Å². The van der Waals surface area contributed by atoms with Crippen LogP contribution in [-0.4, -0.2) is 25.6 Å². The van der Waals surface area contributed by atoms with Crippen LogP contribution in [0.5, 0.6) is 0 Å². The third kappa shape index (κ3) is 5.53. The van der Waals surface area contributed by atoms with Crippen molar-refractivity contribution >= 4 is 17.3 Å². The Morgan fingerprint density at radius 2 is 2.30 bits per heavy atom. The Balaban J connectivity index is 1.72. The lowest BCUT2D eigenvalue weighted by Gasteiger charge is -2.12.